The van der Waals surface area contributed by atoms with Crippen LogP contribution in [0.2, 0.25) is 0 Å². The zero-order valence-corrected chi connectivity index (χ0v) is 10.1. The highest BCUT2D eigenvalue weighted by molar-refractivity contribution is 5.89. The smallest absolute Gasteiger partial charge is 0.246 e. The van der Waals surface area contributed by atoms with E-state index in [4.69, 9.17) is 4.74 Å². The first-order chi connectivity index (χ1) is 6.88. The van der Waals surface area contributed by atoms with Gasteiger partial charge in [-0.25, -0.2) is 0 Å². The highest BCUT2D eigenvalue weighted by atomic mass is 16.5. The molecule has 0 saturated carbocycles. The minimum atomic E-state index is -0.405. The van der Waals surface area contributed by atoms with Crippen molar-refractivity contribution in [1.82, 2.24) is 5.32 Å². The Morgan fingerprint density at radius 3 is 2.33 bits per heavy atom. The first kappa shape index (κ1) is 14.1. The molecule has 4 heteroatoms. The van der Waals surface area contributed by atoms with Gasteiger partial charge < -0.3 is 10.1 Å². The van der Waals surface area contributed by atoms with Crippen LogP contribution in [0.1, 0.15) is 34.1 Å². The lowest BCUT2D eigenvalue weighted by Crippen LogP contribution is -2.37. The summed E-state index contributed by atoms with van der Waals surface area (Å²) in [6, 6.07) is 0. The predicted octanol–water partition coefficient (Wildman–Crippen LogP) is 1.14. The molecule has 0 aliphatic carbocycles. The number of amides is 1. The van der Waals surface area contributed by atoms with Crippen LogP contribution < -0.4 is 5.32 Å². The van der Waals surface area contributed by atoms with E-state index in [0.29, 0.717) is 6.61 Å². The van der Waals surface area contributed by atoms with Crippen LogP contribution in [0.5, 0.6) is 0 Å². The average Bonchev–Trinajstić information content (AvgIpc) is 2.13. The van der Waals surface area contributed by atoms with Crippen molar-refractivity contribution in [2.75, 3.05) is 19.8 Å². The Hall–Kier alpha value is -0.900. The maximum atomic E-state index is 11.4. The first-order valence-corrected chi connectivity index (χ1v) is 5.25. The number of ketones is 1. The van der Waals surface area contributed by atoms with Gasteiger partial charge in [-0.1, -0.05) is 27.7 Å². The van der Waals surface area contributed by atoms with Crippen LogP contribution in [0.15, 0.2) is 0 Å². The zero-order chi connectivity index (χ0) is 11.9. The van der Waals surface area contributed by atoms with Gasteiger partial charge in [-0.3, -0.25) is 9.59 Å². The number of rotatable bonds is 6. The summed E-state index contributed by atoms with van der Waals surface area (Å²) in [5.41, 5.74) is -0.405. The van der Waals surface area contributed by atoms with Gasteiger partial charge in [0.2, 0.25) is 5.91 Å². The molecule has 0 unspecified atom stereocenters. The van der Waals surface area contributed by atoms with E-state index in [1.807, 2.05) is 27.7 Å². The minimum Gasteiger partial charge on any atom is -0.372 e. The van der Waals surface area contributed by atoms with Gasteiger partial charge in [-0.15, -0.1) is 0 Å². The zero-order valence-electron chi connectivity index (χ0n) is 10.1. The topological polar surface area (TPSA) is 55.4 Å². The largest absolute Gasteiger partial charge is 0.372 e. The van der Waals surface area contributed by atoms with Crippen molar-refractivity contribution in [3.63, 3.8) is 0 Å². The van der Waals surface area contributed by atoms with Crippen LogP contribution in [0.25, 0.3) is 0 Å². The molecule has 0 rings (SSSR count). The molecule has 0 aliphatic rings. The van der Waals surface area contributed by atoms with Crippen LogP contribution in [0, 0.1) is 5.41 Å². The Morgan fingerprint density at radius 2 is 1.87 bits per heavy atom. The van der Waals surface area contributed by atoms with Crippen molar-refractivity contribution in [2.45, 2.75) is 34.1 Å². The molecule has 0 saturated heterocycles. The SMILES string of the molecule is CCCOCC(=O)NCC(=O)C(C)(C)C. The van der Waals surface area contributed by atoms with E-state index in [-0.39, 0.29) is 24.8 Å². The Kier molecular flexibility index (Phi) is 6.17. The fourth-order valence-electron chi connectivity index (χ4n) is 0.804. The molecule has 0 bridgehead atoms. The molecule has 0 aromatic rings. The normalized spacial score (nSPS) is 11.2. The molecule has 0 fully saturated rings. The number of hydrogen-bond donors (Lipinski definition) is 1. The number of carbonyl (C=O) groups is 2. The van der Waals surface area contributed by atoms with Gasteiger partial charge in [0, 0.05) is 12.0 Å². The lowest BCUT2D eigenvalue weighted by atomic mass is 9.91. The number of ether oxygens (including phenoxy) is 1. The van der Waals surface area contributed by atoms with E-state index in [9.17, 15) is 9.59 Å². The van der Waals surface area contributed by atoms with Crippen LogP contribution in [-0.2, 0) is 14.3 Å². The molecule has 88 valence electrons. The van der Waals surface area contributed by atoms with Gasteiger partial charge >= 0.3 is 0 Å². The Balaban J connectivity index is 3.67. The monoisotopic (exact) mass is 215 g/mol. The predicted molar refractivity (Wildman–Crippen MR) is 58.6 cm³/mol. The van der Waals surface area contributed by atoms with E-state index in [0.717, 1.165) is 6.42 Å². The molecule has 0 aromatic carbocycles. The van der Waals surface area contributed by atoms with E-state index >= 15 is 0 Å². The molecule has 0 radical (unpaired) electrons. The van der Waals surface area contributed by atoms with Crippen molar-refractivity contribution in [3.05, 3.63) is 0 Å². The van der Waals surface area contributed by atoms with E-state index < -0.39 is 5.41 Å². The molecular weight excluding hydrogens is 194 g/mol. The van der Waals surface area contributed by atoms with Crippen molar-refractivity contribution < 1.29 is 14.3 Å². The second kappa shape index (κ2) is 6.56. The summed E-state index contributed by atoms with van der Waals surface area (Å²) < 4.78 is 5.04. The molecule has 1 amide bonds. The van der Waals surface area contributed by atoms with Crippen molar-refractivity contribution >= 4 is 11.7 Å². The number of hydrogen-bond acceptors (Lipinski definition) is 3. The molecule has 0 aliphatic heterocycles. The molecule has 0 heterocycles. The standard InChI is InChI=1S/C11H21NO3/c1-5-6-15-8-10(14)12-7-9(13)11(2,3)4/h5-8H2,1-4H3,(H,12,14). The maximum absolute atomic E-state index is 11.4. The number of carbonyl (C=O) groups excluding carboxylic acids is 2. The summed E-state index contributed by atoms with van der Waals surface area (Å²) in [5.74, 6) is -0.215. The third-order valence-electron chi connectivity index (χ3n) is 1.86. The molecule has 0 spiro atoms. The van der Waals surface area contributed by atoms with Gasteiger partial charge in [0.1, 0.15) is 6.61 Å². The van der Waals surface area contributed by atoms with Gasteiger partial charge in [-0.2, -0.15) is 0 Å². The molecular formula is C11H21NO3. The Morgan fingerprint density at radius 1 is 1.27 bits per heavy atom. The number of nitrogens with one attached hydrogen (secondary N) is 1. The quantitative estimate of drug-likeness (QED) is 0.676. The van der Waals surface area contributed by atoms with E-state index in [1.165, 1.54) is 0 Å². The summed E-state index contributed by atoms with van der Waals surface area (Å²) in [6.07, 6.45) is 0.883. The Bertz CT molecular complexity index is 218. The van der Waals surface area contributed by atoms with Gasteiger partial charge in [0.25, 0.3) is 0 Å². The number of Topliss-reactive ketones (excluding diaryl/α,β-unsaturated/α-hetero) is 1. The summed E-state index contributed by atoms with van der Waals surface area (Å²) >= 11 is 0. The summed E-state index contributed by atoms with van der Waals surface area (Å²) in [6.45, 7) is 8.14. The van der Waals surface area contributed by atoms with Crippen LogP contribution in [0.3, 0.4) is 0 Å². The highest BCUT2D eigenvalue weighted by Gasteiger charge is 2.21. The summed E-state index contributed by atoms with van der Waals surface area (Å²) in [4.78, 5) is 22.6. The second-order valence-corrected chi connectivity index (χ2v) is 4.50. The Labute approximate surface area is 91.4 Å². The molecule has 15 heavy (non-hydrogen) atoms. The fourth-order valence-corrected chi connectivity index (χ4v) is 0.804. The molecule has 0 aromatic heterocycles. The lowest BCUT2D eigenvalue weighted by molar-refractivity contribution is -0.131. The van der Waals surface area contributed by atoms with Crippen molar-refractivity contribution in [3.8, 4) is 0 Å². The molecule has 4 nitrogen and oxygen atoms in total. The lowest BCUT2D eigenvalue weighted by Gasteiger charge is -2.16. The van der Waals surface area contributed by atoms with Crippen molar-refractivity contribution in [1.29, 1.82) is 0 Å². The third-order valence-corrected chi connectivity index (χ3v) is 1.86. The minimum absolute atomic E-state index is 0.0198. The fraction of sp³-hybridized carbons (Fsp3) is 0.818. The van der Waals surface area contributed by atoms with E-state index in [1.54, 1.807) is 0 Å². The van der Waals surface area contributed by atoms with Gasteiger partial charge in [0.15, 0.2) is 5.78 Å². The van der Waals surface area contributed by atoms with Crippen LogP contribution in [-0.4, -0.2) is 31.4 Å². The third kappa shape index (κ3) is 7.08. The molecule has 1 N–H and O–H groups in total. The van der Waals surface area contributed by atoms with Gasteiger partial charge in [0.05, 0.1) is 6.54 Å². The van der Waals surface area contributed by atoms with E-state index in [2.05, 4.69) is 5.32 Å². The molecule has 0 atom stereocenters. The van der Waals surface area contributed by atoms with Gasteiger partial charge in [-0.05, 0) is 6.42 Å². The highest BCUT2D eigenvalue weighted by Crippen LogP contribution is 2.13. The van der Waals surface area contributed by atoms with Crippen molar-refractivity contribution in [2.24, 2.45) is 5.41 Å². The average molecular weight is 215 g/mol. The maximum Gasteiger partial charge on any atom is 0.246 e. The van der Waals surface area contributed by atoms with Crippen LogP contribution >= 0.6 is 0 Å². The summed E-state index contributed by atoms with van der Waals surface area (Å²) in [5, 5.41) is 2.53. The second-order valence-electron chi connectivity index (χ2n) is 4.50. The van der Waals surface area contributed by atoms with Crippen LogP contribution in [0.4, 0.5) is 0 Å². The summed E-state index contributed by atoms with van der Waals surface area (Å²) in [7, 11) is 0. The first-order valence-electron chi connectivity index (χ1n) is 5.25.